The zero-order chi connectivity index (χ0) is 20.4. The van der Waals surface area contributed by atoms with E-state index in [4.69, 9.17) is 17.2 Å². The molecule has 0 radical (unpaired) electrons. The summed E-state index contributed by atoms with van der Waals surface area (Å²) >= 11 is -1.44. The van der Waals surface area contributed by atoms with Crippen LogP contribution >= 0.6 is 0 Å². The number of hydrogen-bond donors (Lipinski definition) is 0. The Labute approximate surface area is 180 Å². The molecule has 146 valence electrons. The minimum Gasteiger partial charge on any atom is 4.00 e. The van der Waals surface area contributed by atoms with E-state index in [1.54, 1.807) is 4.40 Å². The quantitative estimate of drug-likeness (QED) is 0.290. The number of hydrogen-bond acceptors (Lipinski definition) is 0. The first-order valence-electron chi connectivity index (χ1n) is 8.58. The van der Waals surface area contributed by atoms with Gasteiger partial charge in [-0.2, -0.15) is 0 Å². The second-order valence-electron chi connectivity index (χ2n) is 10.2. The Morgan fingerprint density at radius 2 is 0.760 bits per heavy atom. The van der Waals surface area contributed by atoms with Crippen molar-refractivity contribution < 1.29 is 26.2 Å². The smallest absolute Gasteiger partial charge is 4.00 e. The Morgan fingerprint density at radius 3 is 0.840 bits per heavy atom. The van der Waals surface area contributed by atoms with Gasteiger partial charge < -0.3 is 17.2 Å². The molecule has 1 aromatic carbocycles. The van der Waals surface area contributed by atoms with Crippen LogP contribution in [0.5, 0.6) is 0 Å². The normalized spacial score (nSPS) is 11.5. The molecule has 0 unspecified atom stereocenters. The third-order valence-electron chi connectivity index (χ3n) is 1.53. The Balaban J connectivity index is -0.000000122. The fourth-order valence-corrected chi connectivity index (χ4v) is 3.38. The van der Waals surface area contributed by atoms with Crippen LogP contribution in [0.25, 0.3) is 17.2 Å². The van der Waals surface area contributed by atoms with Gasteiger partial charge in [-0.3, -0.25) is 0 Å². The molecule has 0 aromatic heterocycles. The third kappa shape index (κ3) is 67.9. The monoisotopic (exact) mass is 489 g/mol. The van der Waals surface area contributed by atoms with Crippen LogP contribution in [0.2, 0.25) is 17.3 Å². The van der Waals surface area contributed by atoms with Crippen LogP contribution < -0.4 is 4.40 Å². The molecule has 0 saturated heterocycles. The number of nitrogens with one attached hydrogen (secondary N) is 3. The zero-order valence-corrected chi connectivity index (χ0v) is 23.4. The van der Waals surface area contributed by atoms with Gasteiger partial charge in [0.2, 0.25) is 0 Å². The van der Waals surface area contributed by atoms with Crippen LogP contribution in [0.3, 0.4) is 0 Å². The molecule has 1 aromatic rings. The molecule has 0 aliphatic rings. The van der Waals surface area contributed by atoms with E-state index >= 15 is 0 Å². The summed E-state index contributed by atoms with van der Waals surface area (Å²) in [6.45, 7) is 16.7. The first-order chi connectivity index (χ1) is 10.1. The van der Waals surface area contributed by atoms with Gasteiger partial charge in [-0.15, -0.1) is 16.6 Å². The van der Waals surface area contributed by atoms with Crippen molar-refractivity contribution in [3.8, 4) is 0 Å². The van der Waals surface area contributed by atoms with Gasteiger partial charge in [0, 0.05) is 0 Å². The van der Waals surface area contributed by atoms with E-state index in [2.05, 4.69) is 41.5 Å². The van der Waals surface area contributed by atoms with Gasteiger partial charge in [0.15, 0.2) is 0 Å². The standard InChI is InChI=1S/C8H13Ge.3C4H10N.Zr/c1-9(2,3)8-6-4-5-7-8;3*1-4(2,3)5;/h4-7H,1-3H3;3*5H,1-3H3;/q4*-1;+4. The fraction of sp³-hybridized carbons (Fsp3) is 0.750. The Morgan fingerprint density at radius 1 is 0.600 bits per heavy atom. The van der Waals surface area contributed by atoms with Crippen LogP contribution in [-0.4, -0.2) is 29.9 Å². The summed E-state index contributed by atoms with van der Waals surface area (Å²) in [5, 5.41) is 0. The van der Waals surface area contributed by atoms with Crippen molar-refractivity contribution in [3.05, 3.63) is 41.5 Å². The van der Waals surface area contributed by atoms with E-state index in [0.717, 1.165) is 0 Å². The largest absolute Gasteiger partial charge is 4.00 e. The van der Waals surface area contributed by atoms with E-state index in [9.17, 15) is 0 Å². The Bertz CT molecular complexity index is 342. The molecule has 0 aliphatic carbocycles. The summed E-state index contributed by atoms with van der Waals surface area (Å²) in [6.07, 6.45) is 0. The summed E-state index contributed by atoms with van der Waals surface area (Å²) < 4.78 is 1.61. The molecule has 0 aliphatic heterocycles. The molecular weight excluding hydrogens is 446 g/mol. The van der Waals surface area contributed by atoms with Crippen molar-refractivity contribution in [2.45, 2.75) is 96.2 Å². The minimum atomic E-state index is -1.44. The average Bonchev–Trinajstić information content (AvgIpc) is 2.58. The Hall–Kier alpha value is 0.656. The molecule has 0 fully saturated rings. The predicted octanol–water partition coefficient (Wildman–Crippen LogP) is 7.46. The summed E-state index contributed by atoms with van der Waals surface area (Å²) in [6, 6.07) is 8.76. The van der Waals surface area contributed by atoms with Gasteiger partial charge in [-0.25, -0.2) is 0 Å². The topological polar surface area (TPSA) is 71.4 Å². The zero-order valence-electron chi connectivity index (χ0n) is 18.8. The fourth-order valence-electron chi connectivity index (χ4n) is 0.874. The van der Waals surface area contributed by atoms with Crippen molar-refractivity contribution in [2.24, 2.45) is 0 Å². The first kappa shape index (κ1) is 33.3. The molecule has 0 spiro atoms. The summed E-state index contributed by atoms with van der Waals surface area (Å²) in [5.74, 6) is 7.24. The SMILES string of the molecule is CC(C)(C)[NH-].CC(C)(C)[NH-].CC(C)(C)[NH-].[CH3][Ge]([CH3])([CH3])[c-]1cccc1.[Zr+4]. The molecule has 0 atom stereocenters. The maximum Gasteiger partial charge on any atom is 4.00 e. The maximum atomic E-state index is 6.94. The molecular formula is C20H43GeN3Zr. The summed E-state index contributed by atoms with van der Waals surface area (Å²) in [4.78, 5) is 0. The van der Waals surface area contributed by atoms with Crippen LogP contribution in [-0.2, 0) is 26.2 Å². The predicted molar refractivity (Wildman–Crippen MR) is 117 cm³/mol. The molecule has 0 saturated carbocycles. The molecule has 25 heavy (non-hydrogen) atoms. The van der Waals surface area contributed by atoms with Gasteiger partial charge in [0.1, 0.15) is 0 Å². The minimum absolute atomic E-state index is 0. The summed E-state index contributed by atoms with van der Waals surface area (Å²) in [5.41, 5.74) is 20.1. The van der Waals surface area contributed by atoms with E-state index in [1.807, 2.05) is 62.3 Å². The van der Waals surface area contributed by atoms with Crippen LogP contribution in [0.4, 0.5) is 0 Å². The van der Waals surface area contributed by atoms with Gasteiger partial charge in [-0.05, 0) is 0 Å². The van der Waals surface area contributed by atoms with E-state index in [1.165, 1.54) is 0 Å². The van der Waals surface area contributed by atoms with E-state index < -0.39 is 13.3 Å². The molecule has 3 nitrogen and oxygen atoms in total. The van der Waals surface area contributed by atoms with Crippen LogP contribution in [0.15, 0.2) is 24.3 Å². The second kappa shape index (κ2) is 13.8. The first-order valence-corrected chi connectivity index (χ1v) is 15.9. The van der Waals surface area contributed by atoms with Gasteiger partial charge in [-0.1, -0.05) is 62.3 Å². The van der Waals surface area contributed by atoms with Crippen molar-refractivity contribution in [1.82, 2.24) is 0 Å². The van der Waals surface area contributed by atoms with Crippen molar-refractivity contribution >= 4 is 17.7 Å². The maximum absolute atomic E-state index is 6.94. The van der Waals surface area contributed by atoms with Crippen molar-refractivity contribution in [2.75, 3.05) is 0 Å². The molecule has 0 bridgehead atoms. The second-order valence-corrected chi connectivity index (χ2v) is 20.8. The van der Waals surface area contributed by atoms with Gasteiger partial charge in [0.05, 0.1) is 0 Å². The van der Waals surface area contributed by atoms with E-state index in [-0.39, 0.29) is 42.8 Å². The third-order valence-corrected chi connectivity index (χ3v) is 5.86. The number of rotatable bonds is 1. The molecule has 1 rings (SSSR count). The van der Waals surface area contributed by atoms with Crippen molar-refractivity contribution in [3.63, 3.8) is 0 Å². The van der Waals surface area contributed by atoms with Crippen LogP contribution in [0, 0.1) is 0 Å². The molecule has 5 heteroatoms. The molecule has 0 heterocycles. The molecule has 3 N–H and O–H groups in total. The molecule has 0 amide bonds. The Kier molecular flexibility index (Phi) is 18.3. The van der Waals surface area contributed by atoms with Gasteiger partial charge >= 0.3 is 85.4 Å². The average molecular weight is 489 g/mol. The van der Waals surface area contributed by atoms with Crippen molar-refractivity contribution in [1.29, 1.82) is 0 Å². The summed E-state index contributed by atoms with van der Waals surface area (Å²) in [7, 11) is 0. The van der Waals surface area contributed by atoms with Gasteiger partial charge in [0.25, 0.3) is 0 Å². The van der Waals surface area contributed by atoms with E-state index in [0.29, 0.717) is 0 Å². The van der Waals surface area contributed by atoms with Crippen LogP contribution in [0.1, 0.15) is 62.3 Å².